The van der Waals surface area contributed by atoms with E-state index in [1.165, 1.54) is 0 Å². The minimum absolute atomic E-state index is 0.0292. The molecule has 0 saturated carbocycles. The summed E-state index contributed by atoms with van der Waals surface area (Å²) in [5.41, 5.74) is 1.37. The Morgan fingerprint density at radius 1 is 1.23 bits per heavy atom. The quantitative estimate of drug-likeness (QED) is 0.809. The molecule has 0 unspecified atom stereocenters. The Morgan fingerprint density at radius 3 is 2.65 bits per heavy atom. The molecule has 164 valence electrons. The Labute approximate surface area is 178 Å². The third-order valence-electron chi connectivity index (χ3n) is 6.35. The molecule has 1 aromatic heterocycles. The van der Waals surface area contributed by atoms with E-state index in [0.717, 1.165) is 25.9 Å². The molecule has 1 amide bonds. The van der Waals surface area contributed by atoms with Gasteiger partial charge in [0.15, 0.2) is 0 Å². The number of fused-ring (bicyclic) bond motifs is 1. The minimum Gasteiger partial charge on any atom is -0.370 e. The zero-order valence-electron chi connectivity index (χ0n) is 17.2. The number of carbonyl (C=O) groups excluding carboxylic acids is 1. The van der Waals surface area contributed by atoms with Gasteiger partial charge in [-0.2, -0.15) is 18.4 Å². The fourth-order valence-electron chi connectivity index (χ4n) is 4.58. The molecule has 2 fully saturated rings. The van der Waals surface area contributed by atoms with Gasteiger partial charge in [0, 0.05) is 36.4 Å². The largest absolute Gasteiger partial charge is 0.394 e. The van der Waals surface area contributed by atoms with Gasteiger partial charge in [-0.25, -0.2) is 0 Å². The van der Waals surface area contributed by atoms with Crippen LogP contribution in [0.1, 0.15) is 18.4 Å². The normalized spacial score (nSPS) is 23.1. The third kappa shape index (κ3) is 4.30. The van der Waals surface area contributed by atoms with Crippen LogP contribution in [0.25, 0.3) is 10.9 Å². The number of rotatable bonds is 3. The molecule has 2 aliphatic heterocycles. The summed E-state index contributed by atoms with van der Waals surface area (Å²) in [4.78, 5) is 20.9. The van der Waals surface area contributed by atoms with Crippen LogP contribution in [0, 0.1) is 23.2 Å². The van der Waals surface area contributed by atoms with Gasteiger partial charge in [-0.15, -0.1) is 0 Å². The van der Waals surface area contributed by atoms with Crippen molar-refractivity contribution in [1.82, 2.24) is 15.2 Å². The first-order chi connectivity index (χ1) is 14.8. The summed E-state index contributed by atoms with van der Waals surface area (Å²) in [7, 11) is 1.99. The number of nitriles is 1. The molecule has 0 radical (unpaired) electrons. The molecule has 2 aromatic rings. The van der Waals surface area contributed by atoms with E-state index in [4.69, 9.17) is 0 Å². The van der Waals surface area contributed by atoms with Crippen molar-refractivity contribution in [3.05, 3.63) is 36.0 Å². The van der Waals surface area contributed by atoms with E-state index >= 15 is 0 Å². The lowest BCUT2D eigenvalue weighted by molar-refractivity contribution is -0.182. The Balaban J connectivity index is 1.60. The Bertz CT molecular complexity index is 1010. The Hall–Kier alpha value is -2.86. The van der Waals surface area contributed by atoms with Gasteiger partial charge in [-0.1, -0.05) is 0 Å². The van der Waals surface area contributed by atoms with E-state index in [1.807, 2.05) is 7.05 Å². The maximum Gasteiger partial charge on any atom is 0.394 e. The maximum atomic E-state index is 13.9. The third-order valence-corrected chi connectivity index (χ3v) is 6.35. The molecule has 2 aliphatic rings. The standard InChI is InChI=1S/C22H24F3N5O/c1-29-9-6-15(7-10-29)28-21(31)17-12-30(13-18(17)22(23,24)25)19-5-4-14(11-26)20-16(19)3-2-8-27-20/h2-5,8,15,17-18H,6-7,9-10,12-13H2,1H3,(H,28,31)/t17-,18-/m1/s1. The highest BCUT2D eigenvalue weighted by atomic mass is 19.4. The molecular weight excluding hydrogens is 407 g/mol. The smallest absolute Gasteiger partial charge is 0.370 e. The van der Waals surface area contributed by atoms with Gasteiger partial charge >= 0.3 is 6.18 Å². The first kappa shape index (κ1) is 21.4. The second-order valence-corrected chi connectivity index (χ2v) is 8.39. The summed E-state index contributed by atoms with van der Waals surface area (Å²) in [6.07, 6.45) is -1.46. The zero-order chi connectivity index (χ0) is 22.2. The van der Waals surface area contributed by atoms with Crippen LogP contribution in [-0.2, 0) is 4.79 Å². The van der Waals surface area contributed by atoms with Crippen LogP contribution in [0.2, 0.25) is 0 Å². The zero-order valence-corrected chi connectivity index (χ0v) is 17.2. The number of benzene rings is 1. The van der Waals surface area contributed by atoms with Crippen molar-refractivity contribution in [2.75, 3.05) is 38.1 Å². The molecule has 0 spiro atoms. The fraction of sp³-hybridized carbons (Fsp3) is 0.500. The summed E-state index contributed by atoms with van der Waals surface area (Å²) in [5.74, 6) is -3.46. The van der Waals surface area contributed by atoms with Crippen molar-refractivity contribution in [3.63, 3.8) is 0 Å². The number of likely N-dealkylation sites (tertiary alicyclic amines) is 1. The highest BCUT2D eigenvalue weighted by molar-refractivity contribution is 5.95. The molecule has 9 heteroatoms. The van der Waals surface area contributed by atoms with E-state index < -0.39 is 23.9 Å². The SMILES string of the molecule is CN1CCC(NC(=O)[C@@H]2CN(c3ccc(C#N)c4ncccc34)C[C@H]2C(F)(F)F)CC1. The lowest BCUT2D eigenvalue weighted by atomic mass is 9.93. The number of alkyl halides is 3. The number of aromatic nitrogens is 1. The van der Waals surface area contributed by atoms with Crippen LogP contribution in [0.4, 0.5) is 18.9 Å². The summed E-state index contributed by atoms with van der Waals surface area (Å²) in [6.45, 7) is 1.30. The van der Waals surface area contributed by atoms with Gasteiger partial charge in [-0.05, 0) is 57.2 Å². The summed E-state index contributed by atoms with van der Waals surface area (Å²) in [6, 6.07) is 8.62. The molecular formula is C22H24F3N5O. The molecule has 6 nitrogen and oxygen atoms in total. The van der Waals surface area contributed by atoms with Crippen molar-refractivity contribution in [2.24, 2.45) is 11.8 Å². The summed E-state index contributed by atoms with van der Waals surface area (Å²) < 4.78 is 41.6. The number of halogens is 3. The van der Waals surface area contributed by atoms with Crippen LogP contribution in [-0.4, -0.2) is 61.2 Å². The van der Waals surface area contributed by atoms with Crippen LogP contribution >= 0.6 is 0 Å². The number of carbonyl (C=O) groups is 1. The van der Waals surface area contributed by atoms with Crippen molar-refractivity contribution < 1.29 is 18.0 Å². The Kier molecular flexibility index (Phi) is 5.75. The van der Waals surface area contributed by atoms with Crippen LogP contribution in [0.15, 0.2) is 30.5 Å². The fourth-order valence-corrected chi connectivity index (χ4v) is 4.58. The van der Waals surface area contributed by atoms with Gasteiger partial charge in [0.1, 0.15) is 6.07 Å². The predicted molar refractivity (Wildman–Crippen MR) is 110 cm³/mol. The van der Waals surface area contributed by atoms with Crippen molar-refractivity contribution in [3.8, 4) is 6.07 Å². The van der Waals surface area contributed by atoms with Crippen LogP contribution in [0.5, 0.6) is 0 Å². The number of hydrogen-bond donors (Lipinski definition) is 1. The van der Waals surface area contributed by atoms with Crippen LogP contribution < -0.4 is 10.2 Å². The summed E-state index contributed by atoms with van der Waals surface area (Å²) >= 11 is 0. The van der Waals surface area contributed by atoms with Gasteiger partial charge in [-0.3, -0.25) is 9.78 Å². The molecule has 4 rings (SSSR count). The van der Waals surface area contributed by atoms with E-state index in [9.17, 15) is 23.2 Å². The van der Waals surface area contributed by atoms with E-state index in [-0.39, 0.29) is 19.1 Å². The first-order valence-electron chi connectivity index (χ1n) is 10.4. The molecule has 31 heavy (non-hydrogen) atoms. The van der Waals surface area contributed by atoms with E-state index in [0.29, 0.717) is 22.2 Å². The number of anilines is 1. The lowest BCUT2D eigenvalue weighted by Gasteiger charge is -2.31. The second-order valence-electron chi connectivity index (χ2n) is 8.39. The molecule has 2 saturated heterocycles. The highest BCUT2D eigenvalue weighted by Gasteiger charge is 2.52. The number of piperidine rings is 1. The predicted octanol–water partition coefficient (Wildman–Crippen LogP) is 2.93. The molecule has 1 aromatic carbocycles. The topological polar surface area (TPSA) is 72.3 Å². The molecule has 0 aliphatic carbocycles. The average molecular weight is 431 g/mol. The number of nitrogens with one attached hydrogen (secondary N) is 1. The van der Waals surface area contributed by atoms with Gasteiger partial charge in [0.05, 0.1) is 22.9 Å². The van der Waals surface area contributed by atoms with Gasteiger partial charge in [0.25, 0.3) is 0 Å². The Morgan fingerprint density at radius 2 is 1.97 bits per heavy atom. The van der Waals surface area contributed by atoms with Gasteiger partial charge < -0.3 is 15.1 Å². The number of nitrogens with zero attached hydrogens (tertiary/aromatic N) is 4. The number of amides is 1. The van der Waals surface area contributed by atoms with Crippen molar-refractivity contribution >= 4 is 22.5 Å². The summed E-state index contributed by atoms with van der Waals surface area (Å²) in [5, 5.41) is 12.8. The van der Waals surface area contributed by atoms with E-state index in [2.05, 4.69) is 21.3 Å². The maximum absolute atomic E-state index is 13.9. The van der Waals surface area contributed by atoms with Crippen molar-refractivity contribution in [2.45, 2.75) is 25.1 Å². The highest BCUT2D eigenvalue weighted by Crippen LogP contribution is 2.41. The molecule has 3 heterocycles. The first-order valence-corrected chi connectivity index (χ1v) is 10.4. The second kappa shape index (κ2) is 8.35. The molecule has 2 atom stereocenters. The molecule has 1 N–H and O–H groups in total. The van der Waals surface area contributed by atoms with E-state index in [1.54, 1.807) is 35.4 Å². The van der Waals surface area contributed by atoms with Crippen LogP contribution in [0.3, 0.4) is 0 Å². The number of hydrogen-bond acceptors (Lipinski definition) is 5. The van der Waals surface area contributed by atoms with Crippen molar-refractivity contribution in [1.29, 1.82) is 5.26 Å². The minimum atomic E-state index is -4.48. The number of pyridine rings is 1. The molecule has 0 bridgehead atoms. The monoisotopic (exact) mass is 431 g/mol. The van der Waals surface area contributed by atoms with Gasteiger partial charge in [0.2, 0.25) is 5.91 Å². The average Bonchev–Trinajstić information content (AvgIpc) is 3.20. The lowest BCUT2D eigenvalue weighted by Crippen LogP contribution is -2.48.